The minimum atomic E-state index is -0.526. The number of piperidine rings is 1. The lowest BCUT2D eigenvalue weighted by Gasteiger charge is -2.37. The molecule has 2 aliphatic rings. The summed E-state index contributed by atoms with van der Waals surface area (Å²) in [5.41, 5.74) is 5.40. The Morgan fingerprint density at radius 2 is 1.71 bits per heavy atom. The van der Waals surface area contributed by atoms with E-state index < -0.39 is 6.04 Å². The fourth-order valence-electron chi connectivity index (χ4n) is 4.22. The molecule has 162 valence electrons. The van der Waals surface area contributed by atoms with Crippen LogP contribution in [0, 0.1) is 5.92 Å². The molecule has 0 aromatic rings. The molecule has 7 nitrogen and oxygen atoms in total. The van der Waals surface area contributed by atoms with Gasteiger partial charge in [-0.05, 0) is 44.9 Å². The summed E-state index contributed by atoms with van der Waals surface area (Å²) in [6.07, 6.45) is 9.62. The number of hydrogen-bond donors (Lipinski definition) is 3. The van der Waals surface area contributed by atoms with Gasteiger partial charge in [0.15, 0.2) is 0 Å². The third kappa shape index (κ3) is 7.95. The number of amides is 3. The van der Waals surface area contributed by atoms with Gasteiger partial charge in [-0.1, -0.05) is 19.3 Å². The first-order valence-electron chi connectivity index (χ1n) is 10.6. The largest absolute Gasteiger partial charge is 0.354 e. The molecule has 1 saturated heterocycles. The van der Waals surface area contributed by atoms with Gasteiger partial charge in [0.25, 0.3) is 0 Å². The van der Waals surface area contributed by atoms with Crippen LogP contribution in [0.4, 0.5) is 0 Å². The molecule has 28 heavy (non-hydrogen) atoms. The summed E-state index contributed by atoms with van der Waals surface area (Å²) in [5, 5.41) is 5.77. The molecule has 0 bridgehead atoms. The fourth-order valence-corrected chi connectivity index (χ4v) is 4.22. The van der Waals surface area contributed by atoms with E-state index in [-0.39, 0.29) is 36.2 Å². The average molecular weight is 417 g/mol. The van der Waals surface area contributed by atoms with Crippen molar-refractivity contribution in [2.24, 2.45) is 11.7 Å². The van der Waals surface area contributed by atoms with Gasteiger partial charge < -0.3 is 21.3 Å². The van der Waals surface area contributed by atoms with E-state index in [0.29, 0.717) is 38.4 Å². The lowest BCUT2D eigenvalue weighted by molar-refractivity contribution is -0.139. The number of hydrogen-bond acceptors (Lipinski definition) is 4. The van der Waals surface area contributed by atoms with Crippen molar-refractivity contribution < 1.29 is 14.4 Å². The minimum absolute atomic E-state index is 0. The molecule has 2 fully saturated rings. The van der Waals surface area contributed by atoms with E-state index >= 15 is 0 Å². The Morgan fingerprint density at radius 1 is 1.04 bits per heavy atom. The van der Waals surface area contributed by atoms with Crippen molar-refractivity contribution in [3.8, 4) is 0 Å². The second kappa shape index (κ2) is 13.0. The number of carbonyl (C=O) groups is 3. The van der Waals surface area contributed by atoms with E-state index in [2.05, 4.69) is 10.6 Å². The van der Waals surface area contributed by atoms with Gasteiger partial charge in [-0.3, -0.25) is 14.4 Å². The SMILES string of the molecule is CC(NC(=O)CC1CCCCC1)C(=O)N1CCCCC1CNC(=O)CCN.Cl. The van der Waals surface area contributed by atoms with E-state index in [4.69, 9.17) is 5.73 Å². The van der Waals surface area contributed by atoms with Crippen molar-refractivity contribution in [1.82, 2.24) is 15.5 Å². The summed E-state index contributed by atoms with van der Waals surface area (Å²) in [6, 6.07) is -0.535. The van der Waals surface area contributed by atoms with Crippen LogP contribution in [0.5, 0.6) is 0 Å². The molecule has 1 heterocycles. The summed E-state index contributed by atoms with van der Waals surface area (Å²) < 4.78 is 0. The van der Waals surface area contributed by atoms with Crippen LogP contribution in [0.15, 0.2) is 0 Å². The van der Waals surface area contributed by atoms with Gasteiger partial charge in [-0.15, -0.1) is 12.4 Å². The maximum Gasteiger partial charge on any atom is 0.245 e. The molecule has 2 unspecified atom stereocenters. The number of rotatable bonds is 8. The molecule has 0 spiro atoms. The molecule has 3 amide bonds. The molecule has 2 rings (SSSR count). The van der Waals surface area contributed by atoms with Gasteiger partial charge in [0.05, 0.1) is 0 Å². The third-order valence-corrected chi connectivity index (χ3v) is 5.76. The fraction of sp³-hybridized carbons (Fsp3) is 0.850. The lowest BCUT2D eigenvalue weighted by Crippen LogP contribution is -2.55. The number of halogens is 1. The topological polar surface area (TPSA) is 105 Å². The van der Waals surface area contributed by atoms with E-state index in [9.17, 15) is 14.4 Å². The highest BCUT2D eigenvalue weighted by Crippen LogP contribution is 2.26. The standard InChI is InChI=1S/C20H36N4O3.ClH/c1-15(23-19(26)13-16-7-3-2-4-8-16)20(27)24-12-6-5-9-17(24)14-22-18(25)10-11-21;/h15-17H,2-14,21H2,1H3,(H,22,25)(H,23,26);1H. The Morgan fingerprint density at radius 3 is 2.39 bits per heavy atom. The number of nitrogens with two attached hydrogens (primary N) is 1. The Balaban J connectivity index is 0.00000392. The second-order valence-electron chi connectivity index (χ2n) is 8.02. The van der Waals surface area contributed by atoms with Gasteiger partial charge in [0.1, 0.15) is 6.04 Å². The molecule has 2 atom stereocenters. The molecule has 1 saturated carbocycles. The minimum Gasteiger partial charge on any atom is -0.354 e. The Labute approximate surface area is 174 Å². The van der Waals surface area contributed by atoms with Crippen molar-refractivity contribution in [2.75, 3.05) is 19.6 Å². The smallest absolute Gasteiger partial charge is 0.245 e. The highest BCUT2D eigenvalue weighted by atomic mass is 35.5. The molecular weight excluding hydrogens is 380 g/mol. The number of nitrogens with one attached hydrogen (secondary N) is 2. The van der Waals surface area contributed by atoms with Gasteiger partial charge in [0.2, 0.25) is 17.7 Å². The van der Waals surface area contributed by atoms with Crippen LogP contribution in [0.3, 0.4) is 0 Å². The van der Waals surface area contributed by atoms with Crippen molar-refractivity contribution in [1.29, 1.82) is 0 Å². The molecular formula is C20H37ClN4O3. The molecule has 8 heteroatoms. The Hall–Kier alpha value is -1.34. The third-order valence-electron chi connectivity index (χ3n) is 5.76. The predicted molar refractivity (Wildman–Crippen MR) is 112 cm³/mol. The van der Waals surface area contributed by atoms with E-state index in [1.807, 2.05) is 4.90 Å². The second-order valence-corrected chi connectivity index (χ2v) is 8.02. The Kier molecular flexibility index (Phi) is 11.5. The summed E-state index contributed by atoms with van der Waals surface area (Å²) in [4.78, 5) is 38.7. The van der Waals surface area contributed by atoms with E-state index in [1.54, 1.807) is 6.92 Å². The normalized spacial score (nSPS) is 21.4. The van der Waals surface area contributed by atoms with Crippen molar-refractivity contribution in [3.05, 3.63) is 0 Å². The van der Waals surface area contributed by atoms with Gasteiger partial charge in [-0.2, -0.15) is 0 Å². The zero-order valence-electron chi connectivity index (χ0n) is 17.1. The maximum absolute atomic E-state index is 12.9. The van der Waals surface area contributed by atoms with Crippen LogP contribution in [0.1, 0.15) is 71.1 Å². The zero-order chi connectivity index (χ0) is 19.6. The van der Waals surface area contributed by atoms with Crippen molar-refractivity contribution in [3.63, 3.8) is 0 Å². The van der Waals surface area contributed by atoms with Crippen LogP contribution in [-0.4, -0.2) is 54.3 Å². The first-order valence-corrected chi connectivity index (χ1v) is 10.6. The predicted octanol–water partition coefficient (Wildman–Crippen LogP) is 1.73. The van der Waals surface area contributed by atoms with E-state index in [0.717, 1.165) is 32.1 Å². The van der Waals surface area contributed by atoms with E-state index in [1.165, 1.54) is 19.3 Å². The lowest BCUT2D eigenvalue weighted by atomic mass is 9.87. The van der Waals surface area contributed by atoms with Crippen molar-refractivity contribution in [2.45, 2.75) is 83.2 Å². The maximum atomic E-state index is 12.9. The zero-order valence-corrected chi connectivity index (χ0v) is 17.9. The first kappa shape index (κ1) is 24.7. The van der Waals surface area contributed by atoms with Crippen LogP contribution < -0.4 is 16.4 Å². The summed E-state index contributed by atoms with van der Waals surface area (Å²) >= 11 is 0. The average Bonchev–Trinajstić information content (AvgIpc) is 2.67. The van der Waals surface area contributed by atoms with Gasteiger partial charge in [-0.25, -0.2) is 0 Å². The highest BCUT2D eigenvalue weighted by molar-refractivity contribution is 5.87. The van der Waals surface area contributed by atoms with Crippen LogP contribution in [0.2, 0.25) is 0 Å². The Bertz CT molecular complexity index is 512. The molecule has 0 aromatic carbocycles. The molecule has 0 radical (unpaired) electrons. The van der Waals surface area contributed by atoms with Crippen LogP contribution in [-0.2, 0) is 14.4 Å². The number of carbonyl (C=O) groups excluding carboxylic acids is 3. The summed E-state index contributed by atoms with van der Waals surface area (Å²) in [5.74, 6) is 0.308. The van der Waals surface area contributed by atoms with Crippen molar-refractivity contribution >= 4 is 30.1 Å². The number of nitrogens with zero attached hydrogens (tertiary/aromatic N) is 1. The highest BCUT2D eigenvalue weighted by Gasteiger charge is 2.30. The van der Waals surface area contributed by atoms with Gasteiger partial charge >= 0.3 is 0 Å². The van der Waals surface area contributed by atoms with Crippen LogP contribution >= 0.6 is 12.4 Å². The molecule has 1 aliphatic carbocycles. The first-order chi connectivity index (χ1) is 13.0. The molecule has 1 aliphatic heterocycles. The quantitative estimate of drug-likeness (QED) is 0.560. The van der Waals surface area contributed by atoms with Gasteiger partial charge in [0, 0.05) is 38.5 Å². The molecule has 4 N–H and O–H groups in total. The summed E-state index contributed by atoms with van der Waals surface area (Å²) in [6.45, 7) is 3.22. The molecule has 0 aromatic heterocycles. The van der Waals surface area contributed by atoms with Crippen LogP contribution in [0.25, 0.3) is 0 Å². The summed E-state index contributed by atoms with van der Waals surface area (Å²) in [7, 11) is 0. The monoisotopic (exact) mass is 416 g/mol. The number of likely N-dealkylation sites (tertiary alicyclic amines) is 1.